The molecule has 3 N–H and O–H groups in total. The van der Waals surface area contributed by atoms with Crippen molar-refractivity contribution in [3.8, 4) is 0 Å². The summed E-state index contributed by atoms with van der Waals surface area (Å²) in [7, 11) is 0. The highest BCUT2D eigenvalue weighted by molar-refractivity contribution is 5.99. The summed E-state index contributed by atoms with van der Waals surface area (Å²) in [5.41, 5.74) is 7.11. The molecular weight excluding hydrogens is 302 g/mol. The standard InChI is InChI=1S/C18H25N5O/c1-13(11-23-7-3-2-4-8-23)10-20-18(24)14-5-6-15-16(9-14)21-12-22-17(15)19/h5-6,9,12-13H,2-4,7-8,10-11H2,1H3,(H,20,24)(H2,19,21,22). The van der Waals surface area contributed by atoms with Crippen LogP contribution in [-0.4, -0.2) is 47.0 Å². The van der Waals surface area contributed by atoms with Crippen LogP contribution in [-0.2, 0) is 0 Å². The number of nitrogens with zero attached hydrogens (tertiary/aromatic N) is 3. The summed E-state index contributed by atoms with van der Waals surface area (Å²) in [5, 5.41) is 3.80. The maximum Gasteiger partial charge on any atom is 0.251 e. The average Bonchev–Trinajstić information content (AvgIpc) is 2.60. The molecule has 1 unspecified atom stereocenters. The van der Waals surface area contributed by atoms with Gasteiger partial charge in [0.1, 0.15) is 12.1 Å². The van der Waals surface area contributed by atoms with Crippen LogP contribution in [0.4, 0.5) is 5.82 Å². The summed E-state index contributed by atoms with van der Waals surface area (Å²) in [5.74, 6) is 0.798. The third-order valence-electron chi connectivity index (χ3n) is 4.56. The van der Waals surface area contributed by atoms with Gasteiger partial charge in [0.05, 0.1) is 5.52 Å². The number of hydrogen-bond acceptors (Lipinski definition) is 5. The Bertz CT molecular complexity index is 712. The smallest absolute Gasteiger partial charge is 0.251 e. The summed E-state index contributed by atoms with van der Waals surface area (Å²) in [6.45, 7) is 6.28. The number of nitrogen functional groups attached to an aromatic ring is 1. The molecule has 0 bridgehead atoms. The van der Waals surface area contributed by atoms with E-state index in [1.165, 1.54) is 38.7 Å². The molecule has 1 aromatic carbocycles. The largest absolute Gasteiger partial charge is 0.383 e. The van der Waals surface area contributed by atoms with Gasteiger partial charge in [0.25, 0.3) is 5.91 Å². The first-order valence-corrected chi connectivity index (χ1v) is 8.64. The second-order valence-electron chi connectivity index (χ2n) is 6.67. The fourth-order valence-electron chi connectivity index (χ4n) is 3.24. The van der Waals surface area contributed by atoms with Crippen molar-refractivity contribution >= 4 is 22.6 Å². The van der Waals surface area contributed by atoms with E-state index >= 15 is 0 Å². The number of amides is 1. The first-order valence-electron chi connectivity index (χ1n) is 8.64. The van der Waals surface area contributed by atoms with Gasteiger partial charge >= 0.3 is 0 Å². The monoisotopic (exact) mass is 327 g/mol. The second-order valence-corrected chi connectivity index (χ2v) is 6.67. The van der Waals surface area contributed by atoms with Gasteiger partial charge in [-0.1, -0.05) is 13.3 Å². The zero-order valence-corrected chi connectivity index (χ0v) is 14.2. The Balaban J connectivity index is 1.56. The topological polar surface area (TPSA) is 84.1 Å². The molecule has 1 atom stereocenters. The van der Waals surface area contributed by atoms with Gasteiger partial charge in [-0.15, -0.1) is 0 Å². The number of hydrogen-bond donors (Lipinski definition) is 2. The number of nitrogens with two attached hydrogens (primary N) is 1. The minimum Gasteiger partial charge on any atom is -0.383 e. The van der Waals surface area contributed by atoms with Gasteiger partial charge in [0, 0.05) is 24.0 Å². The first kappa shape index (κ1) is 16.6. The van der Waals surface area contributed by atoms with Gasteiger partial charge in [-0.05, 0) is 50.0 Å². The van der Waals surface area contributed by atoms with Crippen molar-refractivity contribution in [2.75, 3.05) is 31.9 Å². The second kappa shape index (κ2) is 7.57. The number of carbonyl (C=O) groups excluding carboxylic acids is 1. The third kappa shape index (κ3) is 4.00. The lowest BCUT2D eigenvalue weighted by atomic mass is 10.1. The molecular formula is C18H25N5O. The van der Waals surface area contributed by atoms with Crippen LogP contribution in [0.3, 0.4) is 0 Å². The number of nitrogens with one attached hydrogen (secondary N) is 1. The summed E-state index contributed by atoms with van der Waals surface area (Å²) in [6.07, 6.45) is 5.35. The average molecular weight is 327 g/mol. The SMILES string of the molecule is CC(CNC(=O)c1ccc2c(N)ncnc2c1)CN1CCCCC1. The Morgan fingerprint density at radius 1 is 1.29 bits per heavy atom. The van der Waals surface area contributed by atoms with E-state index in [9.17, 15) is 4.79 Å². The fourth-order valence-corrected chi connectivity index (χ4v) is 3.24. The lowest BCUT2D eigenvalue weighted by Gasteiger charge is -2.29. The van der Waals surface area contributed by atoms with Crippen LogP contribution < -0.4 is 11.1 Å². The lowest BCUT2D eigenvalue weighted by molar-refractivity contribution is 0.0942. The van der Waals surface area contributed by atoms with Crippen LogP contribution >= 0.6 is 0 Å². The van der Waals surface area contributed by atoms with Gasteiger partial charge in [-0.2, -0.15) is 0 Å². The zero-order chi connectivity index (χ0) is 16.9. The summed E-state index contributed by atoms with van der Waals surface area (Å²) in [4.78, 5) is 23.0. The van der Waals surface area contributed by atoms with Crippen LogP contribution in [0.5, 0.6) is 0 Å². The van der Waals surface area contributed by atoms with Crippen molar-refractivity contribution in [3.05, 3.63) is 30.1 Å². The normalized spacial score (nSPS) is 16.9. The molecule has 6 nitrogen and oxygen atoms in total. The predicted molar refractivity (Wildman–Crippen MR) is 95.7 cm³/mol. The van der Waals surface area contributed by atoms with Crippen LogP contribution in [0.2, 0.25) is 0 Å². The molecule has 1 aromatic heterocycles. The lowest BCUT2D eigenvalue weighted by Crippen LogP contribution is -2.38. The van der Waals surface area contributed by atoms with Crippen LogP contribution in [0, 0.1) is 5.92 Å². The van der Waals surface area contributed by atoms with E-state index < -0.39 is 0 Å². The molecule has 1 aliphatic heterocycles. The van der Waals surface area contributed by atoms with Crippen molar-refractivity contribution < 1.29 is 4.79 Å². The number of benzene rings is 1. The molecule has 1 aliphatic rings. The maximum atomic E-state index is 12.4. The first-order chi connectivity index (χ1) is 11.6. The number of anilines is 1. The molecule has 3 rings (SSSR count). The molecule has 0 aliphatic carbocycles. The number of likely N-dealkylation sites (tertiary alicyclic amines) is 1. The molecule has 1 amide bonds. The van der Waals surface area contributed by atoms with Crippen molar-refractivity contribution in [2.24, 2.45) is 5.92 Å². The fraction of sp³-hybridized carbons (Fsp3) is 0.500. The van der Waals surface area contributed by atoms with E-state index in [-0.39, 0.29) is 5.91 Å². The molecule has 2 heterocycles. The number of carbonyl (C=O) groups is 1. The molecule has 6 heteroatoms. The molecule has 128 valence electrons. The number of piperidine rings is 1. The molecule has 24 heavy (non-hydrogen) atoms. The van der Waals surface area contributed by atoms with E-state index in [0.717, 1.165) is 11.9 Å². The van der Waals surface area contributed by atoms with E-state index in [0.29, 0.717) is 29.4 Å². The molecule has 0 spiro atoms. The predicted octanol–water partition coefficient (Wildman–Crippen LogP) is 2.06. The van der Waals surface area contributed by atoms with Gasteiger partial charge in [-0.25, -0.2) is 9.97 Å². The highest BCUT2D eigenvalue weighted by Crippen LogP contribution is 2.18. The van der Waals surface area contributed by atoms with E-state index in [1.54, 1.807) is 18.2 Å². The highest BCUT2D eigenvalue weighted by Gasteiger charge is 2.15. The summed E-state index contributed by atoms with van der Waals surface area (Å²) < 4.78 is 0. The summed E-state index contributed by atoms with van der Waals surface area (Å²) >= 11 is 0. The Morgan fingerprint density at radius 3 is 2.88 bits per heavy atom. The molecule has 0 radical (unpaired) electrons. The van der Waals surface area contributed by atoms with Crippen molar-refractivity contribution in [3.63, 3.8) is 0 Å². The Kier molecular flexibility index (Phi) is 5.25. The van der Waals surface area contributed by atoms with Crippen LogP contribution in [0.15, 0.2) is 24.5 Å². The van der Waals surface area contributed by atoms with Gasteiger partial charge in [0.2, 0.25) is 0 Å². The van der Waals surface area contributed by atoms with Crippen molar-refractivity contribution in [1.82, 2.24) is 20.2 Å². The van der Waals surface area contributed by atoms with Crippen LogP contribution in [0.25, 0.3) is 10.9 Å². The van der Waals surface area contributed by atoms with Gasteiger partial charge in [-0.3, -0.25) is 4.79 Å². The molecule has 0 saturated carbocycles. The maximum absolute atomic E-state index is 12.4. The van der Waals surface area contributed by atoms with Gasteiger partial charge in [0.15, 0.2) is 0 Å². The Morgan fingerprint density at radius 2 is 2.08 bits per heavy atom. The van der Waals surface area contributed by atoms with Crippen LogP contribution in [0.1, 0.15) is 36.5 Å². The van der Waals surface area contributed by atoms with E-state index in [1.807, 2.05) is 0 Å². The number of rotatable bonds is 5. The summed E-state index contributed by atoms with van der Waals surface area (Å²) in [6, 6.07) is 5.33. The Hall–Kier alpha value is -2.21. The van der Waals surface area contributed by atoms with E-state index in [4.69, 9.17) is 5.73 Å². The molecule has 1 fully saturated rings. The minimum atomic E-state index is -0.0698. The quantitative estimate of drug-likeness (QED) is 0.878. The van der Waals surface area contributed by atoms with Crippen molar-refractivity contribution in [2.45, 2.75) is 26.2 Å². The van der Waals surface area contributed by atoms with Gasteiger partial charge < -0.3 is 16.0 Å². The highest BCUT2D eigenvalue weighted by atomic mass is 16.1. The minimum absolute atomic E-state index is 0.0698. The zero-order valence-electron chi connectivity index (χ0n) is 14.2. The van der Waals surface area contributed by atoms with Crippen molar-refractivity contribution in [1.29, 1.82) is 0 Å². The Labute approximate surface area is 142 Å². The number of fused-ring (bicyclic) bond motifs is 1. The molecule has 2 aromatic rings. The molecule has 1 saturated heterocycles. The third-order valence-corrected chi connectivity index (χ3v) is 4.56. The van der Waals surface area contributed by atoms with E-state index in [2.05, 4.69) is 27.1 Å². The number of aromatic nitrogens is 2.